The van der Waals surface area contributed by atoms with Gasteiger partial charge < -0.3 is 29.0 Å². The molecule has 1 amide bonds. The van der Waals surface area contributed by atoms with Gasteiger partial charge in [0.05, 0.1) is 19.3 Å². The first-order chi connectivity index (χ1) is 19.9. The van der Waals surface area contributed by atoms with E-state index in [0.717, 1.165) is 38.5 Å². The van der Waals surface area contributed by atoms with E-state index in [-0.39, 0.29) is 35.3 Å². The Bertz CT molecular complexity index is 1170. The number of hydrogen-bond donors (Lipinski definition) is 1. The minimum Gasteiger partial charge on any atom is -0.493 e. The van der Waals surface area contributed by atoms with E-state index in [0.29, 0.717) is 12.8 Å². The highest BCUT2D eigenvalue weighted by molar-refractivity contribution is 5.98. The molecule has 10 nitrogen and oxygen atoms in total. The van der Waals surface area contributed by atoms with Crippen LogP contribution in [0.25, 0.3) is 0 Å². The molecular formula is C31H40N2O8. The number of ether oxygens (including phenoxy) is 5. The van der Waals surface area contributed by atoms with Crippen LogP contribution in [0.3, 0.4) is 0 Å². The van der Waals surface area contributed by atoms with Gasteiger partial charge in [0.2, 0.25) is 6.79 Å². The number of benzene rings is 1. The SMILES string of the molecule is COc1ccnc(C(=O)NC2CCCC(Cc3ccccc3)C(OC3CCCC3)C(C)OC2=O)c1OCOC(C)=O. The summed E-state index contributed by atoms with van der Waals surface area (Å²) in [5.41, 5.74) is 1.12. The molecule has 0 spiro atoms. The van der Waals surface area contributed by atoms with Crippen molar-refractivity contribution in [1.82, 2.24) is 10.3 Å². The highest BCUT2D eigenvalue weighted by atomic mass is 16.7. The normalized spacial score (nSPS) is 23.4. The summed E-state index contributed by atoms with van der Waals surface area (Å²) in [5.74, 6) is -1.30. The summed E-state index contributed by atoms with van der Waals surface area (Å²) in [6.07, 6.45) is 7.86. The highest BCUT2D eigenvalue weighted by Crippen LogP contribution is 2.33. The van der Waals surface area contributed by atoms with Gasteiger partial charge in [-0.1, -0.05) is 49.6 Å². The lowest BCUT2D eigenvalue weighted by atomic mass is 9.86. The molecule has 1 aromatic heterocycles. The van der Waals surface area contributed by atoms with Crippen LogP contribution in [0, 0.1) is 5.92 Å². The van der Waals surface area contributed by atoms with Crippen molar-refractivity contribution in [2.45, 2.75) is 89.6 Å². The average Bonchev–Trinajstić information content (AvgIpc) is 3.49. The third-order valence-electron chi connectivity index (χ3n) is 7.65. The summed E-state index contributed by atoms with van der Waals surface area (Å²) in [7, 11) is 1.42. The number of carbonyl (C=O) groups is 3. The first-order valence-electron chi connectivity index (χ1n) is 14.4. The molecule has 4 rings (SSSR count). The Morgan fingerprint density at radius 2 is 1.80 bits per heavy atom. The van der Waals surface area contributed by atoms with Crippen LogP contribution in [0.5, 0.6) is 11.5 Å². The smallest absolute Gasteiger partial charge is 0.329 e. The molecule has 0 bridgehead atoms. The van der Waals surface area contributed by atoms with Gasteiger partial charge in [0.25, 0.3) is 5.91 Å². The van der Waals surface area contributed by atoms with E-state index in [1.165, 1.54) is 31.9 Å². The molecule has 2 aliphatic rings. The lowest BCUT2D eigenvalue weighted by Gasteiger charge is -2.33. The summed E-state index contributed by atoms with van der Waals surface area (Å²) in [4.78, 5) is 42.1. The van der Waals surface area contributed by atoms with E-state index >= 15 is 0 Å². The predicted molar refractivity (Wildman–Crippen MR) is 149 cm³/mol. The topological polar surface area (TPSA) is 122 Å². The molecule has 2 aromatic rings. The van der Waals surface area contributed by atoms with Crippen molar-refractivity contribution >= 4 is 17.8 Å². The van der Waals surface area contributed by atoms with Gasteiger partial charge >= 0.3 is 11.9 Å². The summed E-state index contributed by atoms with van der Waals surface area (Å²) >= 11 is 0. The third kappa shape index (κ3) is 8.42. The van der Waals surface area contributed by atoms with Crippen LogP contribution in [0.15, 0.2) is 42.6 Å². The Balaban J connectivity index is 1.51. The van der Waals surface area contributed by atoms with Gasteiger partial charge in [-0.25, -0.2) is 9.78 Å². The lowest BCUT2D eigenvalue weighted by Crippen LogP contribution is -2.45. The van der Waals surface area contributed by atoms with Gasteiger partial charge in [-0.15, -0.1) is 0 Å². The number of pyridine rings is 1. The third-order valence-corrected chi connectivity index (χ3v) is 7.65. The monoisotopic (exact) mass is 568 g/mol. The zero-order valence-electron chi connectivity index (χ0n) is 24.0. The molecule has 1 saturated carbocycles. The van der Waals surface area contributed by atoms with Crippen LogP contribution in [0.2, 0.25) is 0 Å². The van der Waals surface area contributed by atoms with Crippen molar-refractivity contribution < 1.29 is 38.1 Å². The number of carbonyl (C=O) groups excluding carboxylic acids is 3. The number of nitrogens with zero attached hydrogens (tertiary/aromatic N) is 1. The molecule has 1 aliphatic heterocycles. The molecule has 1 N–H and O–H groups in total. The Morgan fingerprint density at radius 1 is 1.05 bits per heavy atom. The number of methoxy groups -OCH3 is 1. The van der Waals surface area contributed by atoms with Crippen molar-refractivity contribution in [2.24, 2.45) is 5.92 Å². The number of nitrogens with one attached hydrogen (secondary N) is 1. The van der Waals surface area contributed by atoms with Crippen molar-refractivity contribution in [1.29, 1.82) is 0 Å². The predicted octanol–water partition coefficient (Wildman–Crippen LogP) is 4.39. The van der Waals surface area contributed by atoms with Crippen molar-refractivity contribution in [3.63, 3.8) is 0 Å². The molecule has 222 valence electrons. The molecule has 4 unspecified atom stereocenters. The molecule has 10 heteroatoms. The first kappa shape index (κ1) is 30.3. The lowest BCUT2D eigenvalue weighted by molar-refractivity contribution is -0.165. The van der Waals surface area contributed by atoms with Gasteiger partial charge in [-0.2, -0.15) is 0 Å². The number of rotatable bonds is 10. The molecule has 4 atom stereocenters. The summed E-state index contributed by atoms with van der Waals surface area (Å²) < 4.78 is 28.3. The van der Waals surface area contributed by atoms with E-state index in [1.807, 2.05) is 25.1 Å². The maximum Gasteiger partial charge on any atom is 0.329 e. The number of amides is 1. The Labute approximate surface area is 241 Å². The average molecular weight is 569 g/mol. The molecule has 2 heterocycles. The minimum atomic E-state index is -0.887. The van der Waals surface area contributed by atoms with Crippen LogP contribution >= 0.6 is 0 Å². The van der Waals surface area contributed by atoms with E-state index in [1.54, 1.807) is 0 Å². The quantitative estimate of drug-likeness (QED) is 0.328. The van der Waals surface area contributed by atoms with Crippen molar-refractivity contribution in [3.05, 3.63) is 53.9 Å². The van der Waals surface area contributed by atoms with E-state index < -0.39 is 36.8 Å². The van der Waals surface area contributed by atoms with E-state index in [2.05, 4.69) is 22.4 Å². The van der Waals surface area contributed by atoms with Crippen molar-refractivity contribution in [2.75, 3.05) is 13.9 Å². The zero-order valence-corrected chi connectivity index (χ0v) is 24.0. The summed E-state index contributed by atoms with van der Waals surface area (Å²) in [6.45, 7) is 2.70. The molecule has 2 fully saturated rings. The number of cyclic esters (lactones) is 1. The molecule has 0 radical (unpaired) electrons. The van der Waals surface area contributed by atoms with Gasteiger partial charge in [-0.3, -0.25) is 9.59 Å². The minimum absolute atomic E-state index is 0.00602. The zero-order chi connectivity index (χ0) is 29.2. The van der Waals surface area contributed by atoms with E-state index in [4.69, 9.17) is 23.7 Å². The van der Waals surface area contributed by atoms with Crippen LogP contribution < -0.4 is 14.8 Å². The molecule has 1 saturated heterocycles. The molecule has 1 aromatic carbocycles. The largest absolute Gasteiger partial charge is 0.493 e. The van der Waals surface area contributed by atoms with Crippen LogP contribution in [0.1, 0.15) is 74.8 Å². The Morgan fingerprint density at radius 3 is 2.51 bits per heavy atom. The fourth-order valence-electron chi connectivity index (χ4n) is 5.61. The molecule has 1 aliphatic carbocycles. The van der Waals surface area contributed by atoms with Crippen LogP contribution in [0.4, 0.5) is 0 Å². The number of aromatic nitrogens is 1. The Hall–Kier alpha value is -3.66. The maximum atomic E-state index is 13.4. The number of hydrogen-bond acceptors (Lipinski definition) is 9. The second-order valence-electron chi connectivity index (χ2n) is 10.6. The van der Waals surface area contributed by atoms with Gasteiger partial charge in [0.15, 0.2) is 17.2 Å². The first-order valence-corrected chi connectivity index (χ1v) is 14.4. The van der Waals surface area contributed by atoms with Gasteiger partial charge in [-0.05, 0) is 50.5 Å². The van der Waals surface area contributed by atoms with Crippen molar-refractivity contribution in [3.8, 4) is 11.5 Å². The summed E-state index contributed by atoms with van der Waals surface area (Å²) in [6, 6.07) is 10.9. The fourth-order valence-corrected chi connectivity index (χ4v) is 5.61. The second-order valence-corrected chi connectivity index (χ2v) is 10.6. The van der Waals surface area contributed by atoms with Crippen LogP contribution in [-0.4, -0.2) is 61.1 Å². The van der Waals surface area contributed by atoms with Crippen LogP contribution in [-0.2, 0) is 30.2 Å². The Kier molecular flexibility index (Phi) is 11.0. The number of esters is 2. The molecule has 41 heavy (non-hydrogen) atoms. The summed E-state index contributed by atoms with van der Waals surface area (Å²) in [5, 5.41) is 2.78. The second kappa shape index (κ2) is 14.8. The van der Waals surface area contributed by atoms with E-state index in [9.17, 15) is 14.4 Å². The van der Waals surface area contributed by atoms with Gasteiger partial charge in [0, 0.05) is 19.2 Å². The van der Waals surface area contributed by atoms with Gasteiger partial charge in [0.1, 0.15) is 12.1 Å². The highest BCUT2D eigenvalue weighted by Gasteiger charge is 2.37. The standard InChI is InChI=1S/C31H40N2O8/c1-20-28(41-24-13-7-8-14-24)23(18-22-10-5-4-6-11-22)12-9-15-25(31(36)40-20)33-30(35)27-29(39-19-38-21(2)34)26(37-3)16-17-32-27/h4-6,10-11,16-17,20,23-25,28H,7-9,12-15,18-19H2,1-3H3,(H,33,35). The maximum absolute atomic E-state index is 13.4. The fraction of sp³-hybridized carbons (Fsp3) is 0.548. The molecular weight excluding hydrogens is 528 g/mol.